The second kappa shape index (κ2) is 7.13. The van der Waals surface area contributed by atoms with Gasteiger partial charge in [0.2, 0.25) is 0 Å². The first kappa shape index (κ1) is 18.8. The van der Waals surface area contributed by atoms with Gasteiger partial charge in [0.25, 0.3) is 0 Å². The molecule has 0 aliphatic heterocycles. The minimum atomic E-state index is -4.42. The third-order valence-corrected chi connectivity index (χ3v) is 4.43. The highest BCUT2D eigenvalue weighted by atomic mass is 19.4. The number of nitrogens with zero attached hydrogens (tertiary/aromatic N) is 1. The van der Waals surface area contributed by atoms with Gasteiger partial charge in [-0.2, -0.15) is 13.2 Å². The van der Waals surface area contributed by atoms with Gasteiger partial charge in [0.05, 0.1) is 5.56 Å². The van der Waals surface area contributed by atoms with Crippen molar-refractivity contribution in [3.05, 3.63) is 35.4 Å². The average Bonchev–Trinajstić information content (AvgIpc) is 3.35. The SMILES string of the molecule is CCC(=O)OC(CCN(C)C)(c1cccc(C(F)(F)F)c1)C1CC1. The van der Waals surface area contributed by atoms with Crippen molar-refractivity contribution >= 4 is 5.97 Å². The molecule has 0 saturated heterocycles. The van der Waals surface area contributed by atoms with Gasteiger partial charge >= 0.3 is 12.1 Å². The zero-order chi connectivity index (χ0) is 18.0. The maximum absolute atomic E-state index is 13.1. The fraction of sp³-hybridized carbons (Fsp3) is 0.611. The molecule has 1 unspecified atom stereocenters. The molecule has 24 heavy (non-hydrogen) atoms. The van der Waals surface area contributed by atoms with E-state index < -0.39 is 17.3 Å². The Kier molecular flexibility index (Phi) is 5.58. The molecule has 0 heterocycles. The molecule has 0 radical (unpaired) electrons. The van der Waals surface area contributed by atoms with E-state index in [9.17, 15) is 18.0 Å². The van der Waals surface area contributed by atoms with E-state index in [2.05, 4.69) is 0 Å². The quantitative estimate of drug-likeness (QED) is 0.695. The molecule has 0 N–H and O–H groups in total. The van der Waals surface area contributed by atoms with Crippen LogP contribution in [0.1, 0.15) is 43.7 Å². The van der Waals surface area contributed by atoms with E-state index in [1.165, 1.54) is 6.07 Å². The summed E-state index contributed by atoms with van der Waals surface area (Å²) in [6.45, 7) is 2.32. The standard InChI is InChI=1S/C18H24F3NO2/c1-4-16(23)24-17(13-8-9-13,10-11-22(2)3)14-6-5-7-15(12-14)18(19,20)21/h5-7,12-13H,4,8-11H2,1-3H3. The van der Waals surface area contributed by atoms with Gasteiger partial charge in [-0.25, -0.2) is 0 Å². The van der Waals surface area contributed by atoms with Crippen molar-refractivity contribution in [1.82, 2.24) is 4.90 Å². The van der Waals surface area contributed by atoms with Crippen LogP contribution in [0.4, 0.5) is 13.2 Å². The maximum Gasteiger partial charge on any atom is 0.416 e. The third-order valence-electron chi connectivity index (χ3n) is 4.43. The lowest BCUT2D eigenvalue weighted by molar-refractivity contribution is -0.165. The number of carbonyl (C=O) groups excluding carboxylic acids is 1. The van der Waals surface area contributed by atoms with Crippen LogP contribution >= 0.6 is 0 Å². The van der Waals surface area contributed by atoms with Gasteiger partial charge in [-0.3, -0.25) is 4.79 Å². The second-order valence-electron chi connectivity index (χ2n) is 6.62. The summed E-state index contributed by atoms with van der Waals surface area (Å²) in [4.78, 5) is 14.0. The third kappa shape index (κ3) is 4.29. The Morgan fingerprint density at radius 2 is 1.88 bits per heavy atom. The van der Waals surface area contributed by atoms with Crippen molar-refractivity contribution in [2.45, 2.75) is 44.4 Å². The molecule has 134 valence electrons. The highest BCUT2D eigenvalue weighted by Gasteiger charge is 2.50. The largest absolute Gasteiger partial charge is 0.454 e. The summed E-state index contributed by atoms with van der Waals surface area (Å²) in [5, 5.41) is 0. The van der Waals surface area contributed by atoms with Crippen LogP contribution in [-0.4, -0.2) is 31.5 Å². The number of esters is 1. The van der Waals surface area contributed by atoms with E-state index in [1.54, 1.807) is 13.0 Å². The van der Waals surface area contributed by atoms with E-state index >= 15 is 0 Å². The maximum atomic E-state index is 13.1. The van der Waals surface area contributed by atoms with Crippen LogP contribution in [0.3, 0.4) is 0 Å². The zero-order valence-electron chi connectivity index (χ0n) is 14.3. The van der Waals surface area contributed by atoms with Crippen LogP contribution in [0.25, 0.3) is 0 Å². The average molecular weight is 343 g/mol. The lowest BCUT2D eigenvalue weighted by atomic mass is 9.84. The Balaban J connectivity index is 2.45. The van der Waals surface area contributed by atoms with Crippen molar-refractivity contribution in [3.63, 3.8) is 0 Å². The van der Waals surface area contributed by atoms with E-state index in [4.69, 9.17) is 4.74 Å². The molecular weight excluding hydrogens is 319 g/mol. The lowest BCUT2D eigenvalue weighted by Gasteiger charge is -2.36. The number of halogens is 3. The monoisotopic (exact) mass is 343 g/mol. The molecule has 0 aromatic heterocycles. The van der Waals surface area contributed by atoms with Gasteiger partial charge in [0.15, 0.2) is 0 Å². The summed E-state index contributed by atoms with van der Waals surface area (Å²) in [7, 11) is 3.79. The van der Waals surface area contributed by atoms with Gasteiger partial charge in [0, 0.05) is 25.3 Å². The molecule has 1 saturated carbocycles. The summed E-state index contributed by atoms with van der Waals surface area (Å²) in [5.74, 6) is -0.297. The summed E-state index contributed by atoms with van der Waals surface area (Å²) in [6, 6.07) is 5.22. The topological polar surface area (TPSA) is 29.5 Å². The van der Waals surface area contributed by atoms with Crippen LogP contribution in [-0.2, 0) is 21.3 Å². The minimum absolute atomic E-state index is 0.0800. The number of carbonyl (C=O) groups is 1. The molecule has 0 spiro atoms. The minimum Gasteiger partial charge on any atom is -0.454 e. The van der Waals surface area contributed by atoms with E-state index in [1.807, 2.05) is 19.0 Å². The Morgan fingerprint density at radius 3 is 2.38 bits per heavy atom. The van der Waals surface area contributed by atoms with Crippen LogP contribution in [0.5, 0.6) is 0 Å². The molecule has 1 aliphatic carbocycles. The van der Waals surface area contributed by atoms with Gasteiger partial charge in [-0.15, -0.1) is 0 Å². The van der Waals surface area contributed by atoms with Gasteiger partial charge in [0.1, 0.15) is 5.60 Å². The Morgan fingerprint density at radius 1 is 1.25 bits per heavy atom. The Hall–Kier alpha value is -1.56. The lowest BCUT2D eigenvalue weighted by Crippen LogP contribution is -2.38. The van der Waals surface area contributed by atoms with Gasteiger partial charge in [-0.05, 0) is 44.6 Å². The summed E-state index contributed by atoms with van der Waals surface area (Å²) < 4.78 is 45.1. The highest BCUT2D eigenvalue weighted by molar-refractivity contribution is 5.69. The number of alkyl halides is 3. The molecule has 1 aromatic rings. The second-order valence-corrected chi connectivity index (χ2v) is 6.62. The van der Waals surface area contributed by atoms with Gasteiger partial charge < -0.3 is 9.64 Å². The molecule has 1 aromatic carbocycles. The van der Waals surface area contributed by atoms with E-state index in [0.29, 0.717) is 18.5 Å². The normalized spacial score (nSPS) is 17.6. The van der Waals surface area contributed by atoms with Gasteiger partial charge in [-0.1, -0.05) is 19.1 Å². The zero-order valence-corrected chi connectivity index (χ0v) is 14.3. The number of hydrogen-bond donors (Lipinski definition) is 0. The fourth-order valence-corrected chi connectivity index (χ4v) is 2.95. The Bertz CT molecular complexity index is 582. The van der Waals surface area contributed by atoms with Crippen molar-refractivity contribution in [2.24, 2.45) is 5.92 Å². The molecule has 6 heteroatoms. The molecule has 1 fully saturated rings. The molecule has 0 amide bonds. The Labute approximate surface area is 140 Å². The predicted molar refractivity (Wildman–Crippen MR) is 85.4 cm³/mol. The molecule has 2 rings (SSSR count). The molecule has 0 bridgehead atoms. The van der Waals surface area contributed by atoms with Crippen molar-refractivity contribution in [2.75, 3.05) is 20.6 Å². The van der Waals surface area contributed by atoms with Crippen molar-refractivity contribution in [1.29, 1.82) is 0 Å². The van der Waals surface area contributed by atoms with E-state index in [0.717, 1.165) is 25.0 Å². The van der Waals surface area contributed by atoms with Crippen LogP contribution in [0.2, 0.25) is 0 Å². The number of hydrogen-bond acceptors (Lipinski definition) is 3. The number of rotatable bonds is 7. The smallest absolute Gasteiger partial charge is 0.416 e. The first-order valence-corrected chi connectivity index (χ1v) is 8.23. The number of benzene rings is 1. The molecule has 1 atom stereocenters. The molecule has 1 aliphatic rings. The summed E-state index contributed by atoms with van der Waals surface area (Å²) in [5.41, 5.74) is -1.23. The van der Waals surface area contributed by atoms with Crippen LogP contribution in [0, 0.1) is 5.92 Å². The predicted octanol–water partition coefficient (Wildman–Crippen LogP) is 4.22. The van der Waals surface area contributed by atoms with Crippen LogP contribution in [0.15, 0.2) is 24.3 Å². The van der Waals surface area contributed by atoms with Crippen LogP contribution < -0.4 is 0 Å². The van der Waals surface area contributed by atoms with E-state index in [-0.39, 0.29) is 18.3 Å². The van der Waals surface area contributed by atoms with Crippen molar-refractivity contribution in [3.8, 4) is 0 Å². The number of ether oxygens (including phenoxy) is 1. The molecular formula is C18H24F3NO2. The fourth-order valence-electron chi connectivity index (χ4n) is 2.95. The summed E-state index contributed by atoms with van der Waals surface area (Å²) >= 11 is 0. The highest BCUT2D eigenvalue weighted by Crippen LogP contribution is 2.51. The molecule has 3 nitrogen and oxygen atoms in total. The first-order valence-electron chi connectivity index (χ1n) is 8.23. The van der Waals surface area contributed by atoms with Crippen molar-refractivity contribution < 1.29 is 22.7 Å². The first-order chi connectivity index (χ1) is 11.2. The summed E-state index contributed by atoms with van der Waals surface area (Å²) in [6.07, 6.45) is -2.00.